The lowest BCUT2D eigenvalue weighted by molar-refractivity contribution is -0.146. The molecule has 3 aromatic carbocycles. The number of aromatic nitrogens is 6. The molecule has 4 heterocycles. The Morgan fingerprint density at radius 1 is 0.388 bits per heavy atom. The predicted molar refractivity (Wildman–Crippen MR) is 547 cm³/mol. The highest BCUT2D eigenvalue weighted by molar-refractivity contribution is 6.04. The Morgan fingerprint density at radius 2 is 0.744 bits per heavy atom. The van der Waals surface area contributed by atoms with Gasteiger partial charge in [-0.05, 0) is 222 Å². The molecular weight excluding hydrogens is 1610 g/mol. The third kappa shape index (κ3) is 50.7. The van der Waals surface area contributed by atoms with E-state index in [1.165, 1.54) is 28.1 Å². The molecule has 0 bridgehead atoms. The molecule has 2 aliphatic rings. The second-order valence-corrected chi connectivity index (χ2v) is 55.2. The summed E-state index contributed by atoms with van der Waals surface area (Å²) >= 11 is 0. The van der Waals surface area contributed by atoms with Crippen molar-refractivity contribution in [3.05, 3.63) is 86.4 Å². The molecule has 2 aliphatic heterocycles. The molecule has 4 amide bonds. The van der Waals surface area contributed by atoms with Crippen LogP contribution in [0.1, 0.15) is 430 Å². The number of Topliss-reactive ketones (excluding diaryl/α,β-unsaturated/α-hetero) is 3. The average molecular weight is 1800 g/mol. The van der Waals surface area contributed by atoms with E-state index in [0.717, 1.165) is 29.2 Å². The Hall–Kier alpha value is -7.71. The fourth-order valence-electron chi connectivity index (χ4n) is 13.6. The van der Waals surface area contributed by atoms with Gasteiger partial charge in [0, 0.05) is 111 Å². The first-order chi connectivity index (χ1) is 56.5. The zero-order valence-electron chi connectivity index (χ0n) is 92.7. The van der Waals surface area contributed by atoms with E-state index >= 15 is 0 Å². The number of likely N-dealkylation sites (tertiary alicyclic amines) is 1. The molecule has 0 saturated carbocycles. The van der Waals surface area contributed by atoms with Gasteiger partial charge < -0.3 is 26.2 Å². The molecule has 1 unspecified atom stereocenters. The number of fused-ring (bicyclic) bond motifs is 5. The van der Waals surface area contributed by atoms with Gasteiger partial charge >= 0.3 is 0 Å². The standard InChI is InChI=1S/C23H28N4.C13H24O2.C12H20N2O2.C12H21NO2.C11H22O.C10H19N3.2C9H19NO.C9H20/c1-22(2,3)26-15-16-11-7-8-12-17(16)21-20(18-13-9-10-14-19(18)26)24-25-27(21)23(4,5)6;1-12(2,3)8-10(14)7-11(15)9-13(4,5)6;1-11(2,3)13-7-8(10(16)9(7)15)14-12(4,5)6;1-11(2,3)8-7-9(14)13(10(8)15)12(4,5)6;1-10(2,3)7-9(12)8-11(4,5)6;1-9(2,3)8-7-13(12-11-8)10(4,5)6;2*1-8(2,3)7(11)10-9(4,5)6;1-8(2,3)7-9(4,5)6/h7-14H,15H2,1-6H3;7-9H2,1-6H3;13-14H,1-6H3;8H,7H2,1-6H3;7-8H2,1-6H3;7H,1-6H3;2*1-6H3,(H,10,11);7H2,1-6H3. The largest absolute Gasteiger partial charge is 0.375 e. The summed E-state index contributed by atoms with van der Waals surface area (Å²) < 4.78 is 3.98. The maximum Gasteiger partial charge on any atom is 0.253 e. The van der Waals surface area contributed by atoms with E-state index in [2.05, 4.69) is 266 Å². The predicted octanol–water partition coefficient (Wildman–Crippen LogP) is 25.9. The first-order valence-corrected chi connectivity index (χ1v) is 46.8. The highest BCUT2D eigenvalue weighted by Crippen LogP contribution is 2.45. The summed E-state index contributed by atoms with van der Waals surface area (Å²) in [6.07, 6.45) is 6.16. The molecule has 129 heavy (non-hydrogen) atoms. The van der Waals surface area contributed by atoms with Crippen LogP contribution in [0.3, 0.4) is 0 Å². The number of amides is 4. The van der Waals surface area contributed by atoms with Crippen LogP contribution in [0, 0.1) is 54.7 Å². The summed E-state index contributed by atoms with van der Waals surface area (Å²) in [6.45, 7) is 112. The van der Waals surface area contributed by atoms with Crippen LogP contribution in [0.15, 0.2) is 64.3 Å². The molecule has 21 heteroatoms. The van der Waals surface area contributed by atoms with Crippen LogP contribution < -0.4 is 37.0 Å². The van der Waals surface area contributed by atoms with Gasteiger partial charge in [0.05, 0.1) is 34.8 Å². The zero-order valence-corrected chi connectivity index (χ0v) is 92.7. The minimum atomic E-state index is -0.429. The van der Waals surface area contributed by atoms with E-state index in [-0.39, 0.29) is 130 Å². The number of carbonyl (C=O) groups excluding carboxylic acids is 7. The molecule has 4 N–H and O–H groups in total. The lowest BCUT2D eigenvalue weighted by Crippen LogP contribution is -2.46. The summed E-state index contributed by atoms with van der Waals surface area (Å²) in [4.78, 5) is 108. The van der Waals surface area contributed by atoms with E-state index in [1.54, 1.807) is 0 Å². The molecule has 21 nitrogen and oxygen atoms in total. The maximum atomic E-state index is 12.1. The first kappa shape index (κ1) is 123. The molecular formula is C108H192N12O9. The highest BCUT2D eigenvalue weighted by Gasteiger charge is 2.48. The quantitative estimate of drug-likeness (QED) is 0.0639. The first-order valence-electron chi connectivity index (χ1n) is 46.8. The fourth-order valence-corrected chi connectivity index (χ4v) is 13.6. The van der Waals surface area contributed by atoms with Crippen LogP contribution in [0.2, 0.25) is 0 Å². The molecule has 738 valence electrons. The number of nitrogens with one attached hydrogen (secondary N) is 4. The Morgan fingerprint density at radius 3 is 1.00 bits per heavy atom. The third-order valence-electron chi connectivity index (χ3n) is 18.6. The van der Waals surface area contributed by atoms with Gasteiger partial charge in [0.2, 0.25) is 23.6 Å². The van der Waals surface area contributed by atoms with Gasteiger partial charge in [0.15, 0.2) is 0 Å². The Balaban J connectivity index is 0. The monoisotopic (exact) mass is 1800 g/mol. The molecule has 0 spiro atoms. The molecule has 1 saturated heterocycles. The van der Waals surface area contributed by atoms with Crippen molar-refractivity contribution in [3.63, 3.8) is 0 Å². The Kier molecular flexibility index (Phi) is 43.4. The average Bonchev–Trinajstić information content (AvgIpc) is 1.66. The van der Waals surface area contributed by atoms with Crippen molar-refractivity contribution < 1.29 is 33.6 Å². The van der Waals surface area contributed by atoms with Crippen LogP contribution in [-0.4, -0.2) is 109 Å². The number of para-hydroxylation sites is 1. The van der Waals surface area contributed by atoms with Gasteiger partial charge in [-0.2, -0.15) is 0 Å². The van der Waals surface area contributed by atoms with Crippen molar-refractivity contribution in [1.82, 2.24) is 45.5 Å². The molecule has 1 atom stereocenters. The van der Waals surface area contributed by atoms with E-state index in [1.807, 2.05) is 219 Å². The fraction of sp³-hybridized carbons (Fsp3) is 0.750. The molecule has 5 aromatic rings. The molecule has 7 rings (SSSR count). The second kappa shape index (κ2) is 45.3. The molecule has 1 fully saturated rings. The summed E-state index contributed by atoms with van der Waals surface area (Å²) in [6, 6.07) is 17.2. The van der Waals surface area contributed by atoms with Gasteiger partial charge in [-0.15, -0.1) is 10.2 Å². The second-order valence-electron chi connectivity index (χ2n) is 55.2. The number of hydrogen-bond donors (Lipinski definition) is 4. The summed E-state index contributed by atoms with van der Waals surface area (Å²) in [7, 11) is 0. The summed E-state index contributed by atoms with van der Waals surface area (Å²) in [5.41, 5.74) is 7.34. The number of ketones is 3. The van der Waals surface area contributed by atoms with E-state index in [4.69, 9.17) is 0 Å². The van der Waals surface area contributed by atoms with Crippen molar-refractivity contribution in [2.45, 2.75) is 475 Å². The summed E-state index contributed by atoms with van der Waals surface area (Å²) in [5.74, 6) is 0.509. The summed E-state index contributed by atoms with van der Waals surface area (Å²) in [5, 5.41) is 29.5. The van der Waals surface area contributed by atoms with Crippen molar-refractivity contribution >= 4 is 58.0 Å². The third-order valence-corrected chi connectivity index (χ3v) is 18.6. The maximum absolute atomic E-state index is 12.1. The Bertz CT molecular complexity index is 4320. The van der Waals surface area contributed by atoms with Crippen LogP contribution in [-0.2, 0) is 56.6 Å². The number of anilines is 3. The number of nitrogens with zero attached hydrogens (tertiary/aromatic N) is 8. The minimum Gasteiger partial charge on any atom is -0.375 e. The number of imide groups is 1. The van der Waals surface area contributed by atoms with E-state index in [9.17, 15) is 43.2 Å². The number of carbonyl (C=O) groups is 7. The lowest BCUT2D eigenvalue weighted by atomic mass is 9.78. The highest BCUT2D eigenvalue weighted by atomic mass is 16.2. The zero-order chi connectivity index (χ0) is 103. The smallest absolute Gasteiger partial charge is 0.253 e. The van der Waals surface area contributed by atoms with Gasteiger partial charge in [0.25, 0.3) is 10.9 Å². The van der Waals surface area contributed by atoms with Gasteiger partial charge in [0.1, 0.15) is 34.4 Å². The number of benzene rings is 2. The Labute approximate surface area is 787 Å². The number of rotatable bonds is 8. The van der Waals surface area contributed by atoms with Crippen molar-refractivity contribution in [1.29, 1.82) is 0 Å². The lowest BCUT2D eigenvalue weighted by Gasteiger charge is -2.40. The van der Waals surface area contributed by atoms with Crippen molar-refractivity contribution in [2.24, 2.45) is 54.7 Å². The SMILES string of the molecule is CC(C)(C)C1CC(=O)N(C(C)(C)C)C1=O.CC(C)(C)CC(=O)CC(=O)CC(C)(C)C.CC(C)(C)CC(=O)CC(C)(C)C.CC(C)(C)CC(C)(C)C.CC(C)(C)N1Cc2ccccc2-c2c(nnn2C(C)(C)C)-c2ccccc21.CC(C)(C)NC(=O)C(C)(C)C.CC(C)(C)NC(=O)C(C)(C)C.CC(C)(C)Nc1c(NC(C)(C)C)c(=O)c1=O.CC(C)(C)c1cn(C(C)(C)C)nn1. The normalized spacial score (nSPS) is 14.5. The van der Waals surface area contributed by atoms with Crippen molar-refractivity contribution in [2.75, 3.05) is 15.5 Å². The van der Waals surface area contributed by atoms with Crippen LogP contribution in [0.25, 0.3) is 22.5 Å². The molecule has 0 radical (unpaired) electrons. The van der Waals surface area contributed by atoms with Crippen molar-refractivity contribution in [3.8, 4) is 22.5 Å². The van der Waals surface area contributed by atoms with Gasteiger partial charge in [-0.3, -0.25) is 48.1 Å². The van der Waals surface area contributed by atoms with Crippen LogP contribution >= 0.6 is 0 Å². The van der Waals surface area contributed by atoms with Gasteiger partial charge in [-0.25, -0.2) is 9.36 Å². The minimum absolute atomic E-state index is 0.0132. The van der Waals surface area contributed by atoms with E-state index < -0.39 is 16.4 Å². The topological polar surface area (TPSA) is 270 Å². The molecule has 0 aliphatic carbocycles. The van der Waals surface area contributed by atoms with Gasteiger partial charge in [-0.1, -0.05) is 261 Å². The van der Waals surface area contributed by atoms with Crippen LogP contribution in [0.4, 0.5) is 17.1 Å². The van der Waals surface area contributed by atoms with Crippen LogP contribution in [0.5, 0.6) is 0 Å². The van der Waals surface area contributed by atoms with E-state index in [0.29, 0.717) is 60.1 Å². The number of hydrogen-bond acceptors (Lipinski definition) is 16. The molecule has 2 aromatic heterocycles.